The number of nitrogens with one attached hydrogen (secondary N) is 2. The minimum absolute atomic E-state index is 0.235. The summed E-state index contributed by atoms with van der Waals surface area (Å²) < 4.78 is 5.09. The molecule has 1 amide bonds. The summed E-state index contributed by atoms with van der Waals surface area (Å²) >= 11 is 0. The Morgan fingerprint density at radius 3 is 2.55 bits per heavy atom. The maximum atomic E-state index is 12.7. The first-order valence-corrected chi connectivity index (χ1v) is 9.35. The molecular weight excluding hydrogens is 366 g/mol. The molecule has 0 bridgehead atoms. The van der Waals surface area contributed by atoms with Crippen molar-refractivity contribution in [2.75, 3.05) is 17.2 Å². The molecule has 0 unspecified atom stereocenters. The van der Waals surface area contributed by atoms with Crippen molar-refractivity contribution in [1.82, 2.24) is 4.98 Å². The summed E-state index contributed by atoms with van der Waals surface area (Å²) in [7, 11) is 0. The van der Waals surface area contributed by atoms with Crippen molar-refractivity contribution in [1.29, 1.82) is 0 Å². The van der Waals surface area contributed by atoms with E-state index in [4.69, 9.17) is 4.74 Å². The predicted molar refractivity (Wildman–Crippen MR) is 114 cm³/mol. The molecule has 6 heteroatoms. The van der Waals surface area contributed by atoms with Gasteiger partial charge in [-0.25, -0.2) is 9.78 Å². The van der Waals surface area contributed by atoms with Gasteiger partial charge in [0.15, 0.2) is 0 Å². The lowest BCUT2D eigenvalue weighted by atomic mass is 10.1. The number of aromatic nitrogens is 1. The van der Waals surface area contributed by atoms with Gasteiger partial charge in [-0.15, -0.1) is 0 Å². The van der Waals surface area contributed by atoms with Gasteiger partial charge in [-0.2, -0.15) is 0 Å². The van der Waals surface area contributed by atoms with Crippen LogP contribution in [0.5, 0.6) is 0 Å². The van der Waals surface area contributed by atoms with Crippen LogP contribution in [-0.4, -0.2) is 23.5 Å². The van der Waals surface area contributed by atoms with Gasteiger partial charge in [-0.1, -0.05) is 29.8 Å². The van der Waals surface area contributed by atoms with Crippen molar-refractivity contribution >= 4 is 29.1 Å². The second-order valence-electron chi connectivity index (χ2n) is 6.59. The van der Waals surface area contributed by atoms with Crippen molar-refractivity contribution in [2.24, 2.45) is 0 Å². The molecule has 2 aromatic carbocycles. The first-order valence-electron chi connectivity index (χ1n) is 9.35. The maximum absolute atomic E-state index is 12.7. The topological polar surface area (TPSA) is 80.3 Å². The van der Waals surface area contributed by atoms with Crippen LogP contribution in [0.3, 0.4) is 0 Å². The molecule has 3 rings (SSSR count). The van der Waals surface area contributed by atoms with E-state index in [1.54, 1.807) is 43.5 Å². The third-order valence-electron chi connectivity index (χ3n) is 4.34. The number of ether oxygens (including phenoxy) is 1. The molecule has 0 radical (unpaired) electrons. The van der Waals surface area contributed by atoms with E-state index in [9.17, 15) is 9.59 Å². The molecule has 0 fully saturated rings. The highest BCUT2D eigenvalue weighted by Gasteiger charge is 2.14. The van der Waals surface area contributed by atoms with Crippen molar-refractivity contribution in [3.05, 3.63) is 83.0 Å². The van der Waals surface area contributed by atoms with Crippen molar-refractivity contribution in [2.45, 2.75) is 20.8 Å². The Balaban J connectivity index is 1.80. The van der Waals surface area contributed by atoms with Crippen molar-refractivity contribution in [3.63, 3.8) is 0 Å². The average molecular weight is 389 g/mol. The van der Waals surface area contributed by atoms with E-state index in [0.717, 1.165) is 16.8 Å². The van der Waals surface area contributed by atoms with Gasteiger partial charge in [0.25, 0.3) is 5.91 Å². The first-order chi connectivity index (χ1) is 14.0. The summed E-state index contributed by atoms with van der Waals surface area (Å²) in [6, 6.07) is 16.1. The fraction of sp³-hybridized carbons (Fsp3) is 0.174. The van der Waals surface area contributed by atoms with E-state index in [-0.39, 0.29) is 5.91 Å². The highest BCUT2D eigenvalue weighted by atomic mass is 16.5. The van der Waals surface area contributed by atoms with E-state index in [1.807, 2.05) is 38.1 Å². The number of hydrogen-bond donors (Lipinski definition) is 2. The summed E-state index contributed by atoms with van der Waals surface area (Å²) in [6.07, 6.45) is 1.55. The fourth-order valence-electron chi connectivity index (χ4n) is 2.91. The summed E-state index contributed by atoms with van der Waals surface area (Å²) in [4.78, 5) is 29.1. The molecule has 1 aromatic heterocycles. The number of carbonyl (C=O) groups is 2. The lowest BCUT2D eigenvalue weighted by molar-refractivity contribution is 0.0527. The quantitative estimate of drug-likeness (QED) is 0.588. The number of carbonyl (C=O) groups excluding carboxylic acids is 2. The van der Waals surface area contributed by atoms with Gasteiger partial charge in [0.05, 0.1) is 17.9 Å². The fourth-order valence-corrected chi connectivity index (χ4v) is 2.91. The van der Waals surface area contributed by atoms with Crippen LogP contribution in [-0.2, 0) is 4.74 Å². The number of benzene rings is 2. The van der Waals surface area contributed by atoms with Crippen LogP contribution in [0.15, 0.2) is 60.8 Å². The Morgan fingerprint density at radius 2 is 1.79 bits per heavy atom. The number of aryl methyl sites for hydroxylation is 2. The highest BCUT2D eigenvalue weighted by molar-refractivity contribution is 6.05. The van der Waals surface area contributed by atoms with E-state index in [2.05, 4.69) is 15.6 Å². The van der Waals surface area contributed by atoms with Gasteiger partial charge in [0.1, 0.15) is 5.82 Å². The summed E-state index contributed by atoms with van der Waals surface area (Å²) in [5.74, 6) is -0.199. The van der Waals surface area contributed by atoms with E-state index in [1.165, 1.54) is 0 Å². The van der Waals surface area contributed by atoms with E-state index < -0.39 is 5.97 Å². The standard InChI is InChI=1S/C23H23N3O3/c1-4-29-23(28)18-7-5-6-8-20(18)25-21-14-17(11-12-24-21)22(27)26-19-10-9-15(2)13-16(19)3/h5-14H,4H2,1-3H3,(H,24,25)(H,26,27). The van der Waals surface area contributed by atoms with Crippen LogP contribution in [0, 0.1) is 13.8 Å². The van der Waals surface area contributed by atoms with Gasteiger partial charge in [-0.3, -0.25) is 4.79 Å². The van der Waals surface area contributed by atoms with Crippen molar-refractivity contribution in [3.8, 4) is 0 Å². The molecule has 0 aliphatic carbocycles. The Labute approximate surface area is 169 Å². The van der Waals surface area contributed by atoms with Crippen LogP contribution in [0.4, 0.5) is 17.2 Å². The molecule has 1 heterocycles. The third kappa shape index (κ3) is 4.99. The lowest BCUT2D eigenvalue weighted by Gasteiger charge is -2.12. The molecule has 0 saturated carbocycles. The normalized spacial score (nSPS) is 10.3. The number of para-hydroxylation sites is 1. The largest absolute Gasteiger partial charge is 0.462 e. The van der Waals surface area contributed by atoms with Gasteiger partial charge in [0.2, 0.25) is 0 Å². The Kier molecular flexibility index (Phi) is 6.24. The predicted octanol–water partition coefficient (Wildman–Crippen LogP) is 4.87. The third-order valence-corrected chi connectivity index (χ3v) is 4.34. The molecule has 0 aliphatic rings. The monoisotopic (exact) mass is 389 g/mol. The molecule has 0 saturated heterocycles. The first kappa shape index (κ1) is 20.1. The number of nitrogens with zero attached hydrogens (tertiary/aromatic N) is 1. The number of esters is 1. The molecule has 29 heavy (non-hydrogen) atoms. The minimum atomic E-state index is -0.417. The van der Waals surface area contributed by atoms with Crippen LogP contribution in [0.25, 0.3) is 0 Å². The molecule has 0 spiro atoms. The Morgan fingerprint density at radius 1 is 1.00 bits per heavy atom. The van der Waals surface area contributed by atoms with Gasteiger partial charge in [-0.05, 0) is 56.7 Å². The van der Waals surface area contributed by atoms with Crippen LogP contribution in [0.1, 0.15) is 38.8 Å². The number of rotatable bonds is 6. The number of amides is 1. The van der Waals surface area contributed by atoms with Crippen LogP contribution in [0.2, 0.25) is 0 Å². The molecule has 3 aromatic rings. The molecule has 2 N–H and O–H groups in total. The second kappa shape index (κ2) is 9.01. The second-order valence-corrected chi connectivity index (χ2v) is 6.59. The van der Waals surface area contributed by atoms with Gasteiger partial charge in [0, 0.05) is 17.4 Å². The number of hydrogen-bond acceptors (Lipinski definition) is 5. The number of pyridine rings is 1. The van der Waals surface area contributed by atoms with Crippen molar-refractivity contribution < 1.29 is 14.3 Å². The summed E-state index contributed by atoms with van der Waals surface area (Å²) in [6.45, 7) is 6.01. The minimum Gasteiger partial charge on any atom is -0.462 e. The average Bonchev–Trinajstić information content (AvgIpc) is 2.71. The zero-order chi connectivity index (χ0) is 20.8. The molecule has 6 nitrogen and oxygen atoms in total. The number of anilines is 3. The smallest absolute Gasteiger partial charge is 0.340 e. The van der Waals surface area contributed by atoms with E-state index >= 15 is 0 Å². The van der Waals surface area contributed by atoms with Gasteiger partial charge >= 0.3 is 5.97 Å². The molecule has 0 atom stereocenters. The summed E-state index contributed by atoms with van der Waals surface area (Å²) in [5, 5.41) is 6.02. The van der Waals surface area contributed by atoms with E-state index in [0.29, 0.717) is 29.2 Å². The van der Waals surface area contributed by atoms with Crippen LogP contribution >= 0.6 is 0 Å². The maximum Gasteiger partial charge on any atom is 0.340 e. The Bertz CT molecular complexity index is 1050. The van der Waals surface area contributed by atoms with Crippen LogP contribution < -0.4 is 10.6 Å². The van der Waals surface area contributed by atoms with Gasteiger partial charge < -0.3 is 15.4 Å². The Hall–Kier alpha value is -3.67. The highest BCUT2D eigenvalue weighted by Crippen LogP contribution is 2.22. The summed E-state index contributed by atoms with van der Waals surface area (Å²) in [5.41, 5.74) is 4.31. The zero-order valence-corrected chi connectivity index (χ0v) is 16.7. The zero-order valence-electron chi connectivity index (χ0n) is 16.7. The lowest BCUT2D eigenvalue weighted by Crippen LogP contribution is -2.13. The SMILES string of the molecule is CCOC(=O)c1ccccc1Nc1cc(C(=O)Nc2ccc(C)cc2C)ccn1. The molecular formula is C23H23N3O3. The molecule has 0 aliphatic heterocycles. The molecule has 148 valence electrons.